The van der Waals surface area contributed by atoms with E-state index >= 15 is 0 Å². The summed E-state index contributed by atoms with van der Waals surface area (Å²) in [5.74, 6) is 0.663. The van der Waals surface area contributed by atoms with Crippen molar-refractivity contribution in [1.82, 2.24) is 10.6 Å². The lowest BCUT2D eigenvalue weighted by atomic mass is 9.91. The number of benzene rings is 1. The number of thioether (sulfide) groups is 1. The number of urea groups is 1. The number of carbonyl (C=O) groups excluding carboxylic acids is 2. The summed E-state index contributed by atoms with van der Waals surface area (Å²) in [4.78, 5) is 26.1. The number of nitrogens with one attached hydrogen (secondary N) is 2. The van der Waals surface area contributed by atoms with Crippen molar-refractivity contribution in [3.8, 4) is 0 Å². The third kappa shape index (κ3) is 5.04. The van der Waals surface area contributed by atoms with Crippen LogP contribution in [0.1, 0.15) is 52.6 Å². The molecular formula is C20H28N2O3S. The topological polar surface area (TPSA) is 67.4 Å². The second-order valence-electron chi connectivity index (χ2n) is 6.89. The van der Waals surface area contributed by atoms with Gasteiger partial charge in [-0.2, -0.15) is 0 Å². The molecule has 0 aliphatic carbocycles. The predicted octanol–water partition coefficient (Wildman–Crippen LogP) is 4.40. The summed E-state index contributed by atoms with van der Waals surface area (Å²) in [6.45, 7) is 9.68. The maximum absolute atomic E-state index is 12.7. The van der Waals surface area contributed by atoms with Crippen molar-refractivity contribution in [2.75, 3.05) is 5.75 Å². The number of hydrogen-bond donors (Lipinski definition) is 2. The summed E-state index contributed by atoms with van der Waals surface area (Å²) >= 11 is 1.79. The van der Waals surface area contributed by atoms with E-state index in [0.29, 0.717) is 11.3 Å². The van der Waals surface area contributed by atoms with E-state index in [-0.39, 0.29) is 18.1 Å². The van der Waals surface area contributed by atoms with Crippen LogP contribution in [0.15, 0.2) is 40.4 Å². The van der Waals surface area contributed by atoms with Crippen LogP contribution < -0.4 is 10.6 Å². The highest BCUT2D eigenvalue weighted by molar-refractivity contribution is 7.99. The Bertz CT molecular complexity index is 681. The van der Waals surface area contributed by atoms with Gasteiger partial charge in [-0.25, -0.2) is 9.59 Å². The van der Waals surface area contributed by atoms with Crippen LogP contribution in [-0.4, -0.2) is 23.9 Å². The van der Waals surface area contributed by atoms with Gasteiger partial charge in [0.1, 0.15) is 0 Å². The van der Waals surface area contributed by atoms with Crippen molar-refractivity contribution >= 4 is 23.8 Å². The lowest BCUT2D eigenvalue weighted by molar-refractivity contribution is -0.143. The fraction of sp³-hybridized carbons (Fsp3) is 0.500. The molecule has 0 fully saturated rings. The average molecular weight is 377 g/mol. The molecule has 1 aliphatic heterocycles. The Morgan fingerprint density at radius 1 is 1.19 bits per heavy atom. The molecule has 0 radical (unpaired) electrons. The van der Waals surface area contributed by atoms with Gasteiger partial charge in [-0.3, -0.25) is 0 Å². The number of allylic oxidation sites excluding steroid dienone is 1. The molecule has 2 amide bonds. The molecule has 1 atom stereocenters. The van der Waals surface area contributed by atoms with E-state index < -0.39 is 12.0 Å². The van der Waals surface area contributed by atoms with Crippen LogP contribution >= 0.6 is 11.8 Å². The number of rotatable bonds is 7. The Balaban J connectivity index is 2.40. The smallest absolute Gasteiger partial charge is 0.338 e. The predicted molar refractivity (Wildman–Crippen MR) is 105 cm³/mol. The van der Waals surface area contributed by atoms with Gasteiger partial charge in [0, 0.05) is 10.6 Å². The van der Waals surface area contributed by atoms with E-state index in [1.165, 1.54) is 4.90 Å². The molecule has 1 heterocycles. The number of hydrogen-bond acceptors (Lipinski definition) is 4. The van der Waals surface area contributed by atoms with Gasteiger partial charge in [-0.1, -0.05) is 32.9 Å². The molecule has 142 valence electrons. The molecule has 0 saturated carbocycles. The van der Waals surface area contributed by atoms with Gasteiger partial charge in [-0.05, 0) is 49.6 Å². The highest BCUT2D eigenvalue weighted by atomic mass is 32.2. The lowest BCUT2D eigenvalue weighted by Gasteiger charge is -2.31. The van der Waals surface area contributed by atoms with Gasteiger partial charge in [-0.15, -0.1) is 11.8 Å². The van der Waals surface area contributed by atoms with Crippen molar-refractivity contribution in [3.05, 3.63) is 41.1 Å². The van der Waals surface area contributed by atoms with Crippen LogP contribution in [-0.2, 0) is 9.53 Å². The Kier molecular flexibility index (Phi) is 7.14. The summed E-state index contributed by atoms with van der Waals surface area (Å²) < 4.78 is 5.44. The molecule has 2 N–H and O–H groups in total. The van der Waals surface area contributed by atoms with Crippen LogP contribution in [0, 0.1) is 5.92 Å². The third-order valence-electron chi connectivity index (χ3n) is 3.93. The number of ether oxygens (including phenoxy) is 1. The first-order chi connectivity index (χ1) is 12.3. The zero-order valence-corrected chi connectivity index (χ0v) is 16.9. The van der Waals surface area contributed by atoms with Crippen molar-refractivity contribution in [2.24, 2.45) is 5.92 Å². The van der Waals surface area contributed by atoms with Gasteiger partial charge < -0.3 is 15.4 Å². The van der Waals surface area contributed by atoms with Crippen molar-refractivity contribution in [3.63, 3.8) is 0 Å². The van der Waals surface area contributed by atoms with Crippen LogP contribution in [0.2, 0.25) is 0 Å². The molecule has 0 aromatic heterocycles. The molecular weight excluding hydrogens is 348 g/mol. The molecule has 1 aliphatic rings. The Morgan fingerprint density at radius 2 is 1.85 bits per heavy atom. The van der Waals surface area contributed by atoms with E-state index in [9.17, 15) is 9.59 Å². The van der Waals surface area contributed by atoms with Gasteiger partial charge >= 0.3 is 12.0 Å². The second-order valence-corrected chi connectivity index (χ2v) is 8.05. The van der Waals surface area contributed by atoms with E-state index in [1.54, 1.807) is 11.8 Å². The maximum atomic E-state index is 12.7. The van der Waals surface area contributed by atoms with Crippen molar-refractivity contribution < 1.29 is 14.3 Å². The molecule has 0 spiro atoms. The highest BCUT2D eigenvalue weighted by Gasteiger charge is 2.35. The molecule has 1 aromatic carbocycles. The quantitative estimate of drug-likeness (QED) is 0.547. The van der Waals surface area contributed by atoms with Crippen LogP contribution in [0.25, 0.3) is 0 Å². The van der Waals surface area contributed by atoms with Crippen LogP contribution in [0.3, 0.4) is 0 Å². The van der Waals surface area contributed by atoms with Gasteiger partial charge in [0.15, 0.2) is 0 Å². The minimum absolute atomic E-state index is 0.00218. The monoisotopic (exact) mass is 376 g/mol. The molecule has 1 unspecified atom stereocenters. The van der Waals surface area contributed by atoms with Crippen molar-refractivity contribution in [1.29, 1.82) is 0 Å². The molecule has 0 bridgehead atoms. The van der Waals surface area contributed by atoms with Gasteiger partial charge in [0.2, 0.25) is 0 Å². The second kappa shape index (κ2) is 9.12. The number of amides is 2. The molecule has 0 saturated heterocycles. The molecule has 6 heteroatoms. The third-order valence-corrected chi connectivity index (χ3v) is 5.15. The summed E-state index contributed by atoms with van der Waals surface area (Å²) in [5.41, 5.74) is 1.96. The molecule has 26 heavy (non-hydrogen) atoms. The SMILES string of the molecule is CCCSc1ccc(C2NC(=O)NC(C(C)C)=C2C(=O)OC(C)C)cc1. The highest BCUT2D eigenvalue weighted by Crippen LogP contribution is 2.32. The van der Waals surface area contributed by atoms with Crippen molar-refractivity contribution in [2.45, 2.75) is 58.1 Å². The van der Waals surface area contributed by atoms with Crippen LogP contribution in [0.5, 0.6) is 0 Å². The fourth-order valence-corrected chi connectivity index (χ4v) is 3.54. The summed E-state index contributed by atoms with van der Waals surface area (Å²) in [5, 5.41) is 5.65. The zero-order chi connectivity index (χ0) is 19.3. The summed E-state index contributed by atoms with van der Waals surface area (Å²) in [7, 11) is 0. The summed E-state index contributed by atoms with van der Waals surface area (Å²) in [6.07, 6.45) is 0.886. The average Bonchev–Trinajstić information content (AvgIpc) is 2.58. The van der Waals surface area contributed by atoms with Gasteiger partial charge in [0.05, 0.1) is 17.7 Å². The maximum Gasteiger partial charge on any atom is 0.338 e. The first-order valence-corrected chi connectivity index (χ1v) is 10.1. The van der Waals surface area contributed by atoms with E-state index in [0.717, 1.165) is 17.7 Å². The minimum atomic E-state index is -0.516. The first-order valence-electron chi connectivity index (χ1n) is 9.08. The first kappa shape index (κ1) is 20.4. The Labute approximate surface area is 160 Å². The van der Waals surface area contributed by atoms with Crippen LogP contribution in [0.4, 0.5) is 4.79 Å². The Hall–Kier alpha value is -1.95. The molecule has 2 rings (SSSR count). The Morgan fingerprint density at radius 3 is 2.38 bits per heavy atom. The number of carbonyl (C=O) groups is 2. The number of esters is 1. The normalized spacial score (nSPS) is 17.3. The minimum Gasteiger partial charge on any atom is -0.459 e. The molecule has 5 nitrogen and oxygen atoms in total. The van der Waals surface area contributed by atoms with Gasteiger partial charge in [0.25, 0.3) is 0 Å². The van der Waals surface area contributed by atoms with E-state index in [2.05, 4.69) is 17.6 Å². The zero-order valence-electron chi connectivity index (χ0n) is 16.1. The largest absolute Gasteiger partial charge is 0.459 e. The summed E-state index contributed by atoms with van der Waals surface area (Å²) in [6, 6.07) is 7.18. The van der Waals surface area contributed by atoms with E-state index in [1.807, 2.05) is 52.0 Å². The lowest BCUT2D eigenvalue weighted by Crippen LogP contribution is -2.47. The molecule has 1 aromatic rings. The van der Waals surface area contributed by atoms with E-state index in [4.69, 9.17) is 4.74 Å². The fourth-order valence-electron chi connectivity index (χ4n) is 2.77. The standard InChI is InChI=1S/C20H28N2O3S/c1-6-11-26-15-9-7-14(8-10-15)18-16(19(23)25-13(4)5)17(12(2)3)21-20(24)22-18/h7-10,12-13,18H,6,11H2,1-5H3,(H2,21,22,24).